The monoisotopic (exact) mass is 230 g/mol. The summed E-state index contributed by atoms with van der Waals surface area (Å²) in [6, 6.07) is 2.08. The zero-order chi connectivity index (χ0) is 12.3. The van der Waals surface area contributed by atoms with E-state index in [1.165, 1.54) is 0 Å². The van der Waals surface area contributed by atoms with Gasteiger partial charge in [0.1, 0.15) is 5.69 Å². The van der Waals surface area contributed by atoms with Crippen LogP contribution in [-0.4, -0.2) is 17.3 Å². The van der Waals surface area contributed by atoms with Crippen LogP contribution in [0, 0.1) is 11.6 Å². The number of rotatable bonds is 4. The number of halogens is 2. The van der Waals surface area contributed by atoms with Crippen LogP contribution in [0.4, 0.5) is 20.2 Å². The van der Waals surface area contributed by atoms with E-state index in [1.54, 1.807) is 6.92 Å². The van der Waals surface area contributed by atoms with E-state index < -0.39 is 17.2 Å². The summed E-state index contributed by atoms with van der Waals surface area (Å²) in [6.07, 6.45) is 0.534. The van der Waals surface area contributed by atoms with Crippen LogP contribution in [0.1, 0.15) is 20.3 Å². The van der Waals surface area contributed by atoms with E-state index >= 15 is 0 Å². The predicted molar refractivity (Wildman–Crippen MR) is 60.2 cm³/mol. The summed E-state index contributed by atoms with van der Waals surface area (Å²) in [6.45, 7) is 3.28. The van der Waals surface area contributed by atoms with Crippen molar-refractivity contribution in [1.29, 1.82) is 0 Å². The summed E-state index contributed by atoms with van der Waals surface area (Å²) in [5.74, 6) is -1.52. The van der Waals surface area contributed by atoms with Gasteiger partial charge < -0.3 is 16.2 Å². The molecule has 1 atom stereocenters. The molecule has 0 spiro atoms. The van der Waals surface area contributed by atoms with E-state index in [4.69, 9.17) is 10.8 Å². The standard InChI is InChI=1S/C11H16F2N2O/c1-3-11(2,6-16)15-10-8(12)4-7(14)5-9(10)13/h4-5,15-16H,3,6,14H2,1-2H3. The molecule has 16 heavy (non-hydrogen) atoms. The predicted octanol–water partition coefficient (Wildman–Crippen LogP) is 2.12. The van der Waals surface area contributed by atoms with Crippen LogP contribution in [0.15, 0.2) is 12.1 Å². The van der Waals surface area contributed by atoms with Crippen molar-refractivity contribution in [1.82, 2.24) is 0 Å². The number of hydrogen-bond acceptors (Lipinski definition) is 3. The first-order valence-corrected chi connectivity index (χ1v) is 5.05. The van der Waals surface area contributed by atoms with Gasteiger partial charge in [-0.1, -0.05) is 6.92 Å². The number of nitrogen functional groups attached to an aromatic ring is 1. The van der Waals surface area contributed by atoms with Gasteiger partial charge in [-0.05, 0) is 25.5 Å². The first-order valence-electron chi connectivity index (χ1n) is 5.05. The van der Waals surface area contributed by atoms with Crippen molar-refractivity contribution in [3.8, 4) is 0 Å². The Morgan fingerprint density at radius 1 is 1.38 bits per heavy atom. The van der Waals surface area contributed by atoms with E-state index in [9.17, 15) is 8.78 Å². The van der Waals surface area contributed by atoms with Crippen molar-refractivity contribution in [3.63, 3.8) is 0 Å². The summed E-state index contributed by atoms with van der Waals surface area (Å²) >= 11 is 0. The van der Waals surface area contributed by atoms with Gasteiger partial charge in [-0.15, -0.1) is 0 Å². The Bertz CT molecular complexity index is 355. The quantitative estimate of drug-likeness (QED) is 0.694. The zero-order valence-corrected chi connectivity index (χ0v) is 9.35. The average Bonchev–Trinajstić information content (AvgIpc) is 2.23. The Kier molecular flexibility index (Phi) is 3.70. The Morgan fingerprint density at radius 3 is 2.25 bits per heavy atom. The molecule has 0 saturated carbocycles. The lowest BCUT2D eigenvalue weighted by molar-refractivity contribution is 0.218. The highest BCUT2D eigenvalue weighted by atomic mass is 19.1. The molecule has 0 heterocycles. The first-order chi connectivity index (χ1) is 7.41. The summed E-state index contributed by atoms with van der Waals surface area (Å²) in [5.41, 5.74) is 4.32. The number of benzene rings is 1. The maximum Gasteiger partial charge on any atom is 0.151 e. The molecule has 1 aromatic carbocycles. The highest BCUT2D eigenvalue weighted by Crippen LogP contribution is 2.26. The molecule has 0 saturated heterocycles. The number of nitrogens with two attached hydrogens (primary N) is 1. The minimum Gasteiger partial charge on any atom is -0.399 e. The molecule has 1 aromatic rings. The molecule has 4 N–H and O–H groups in total. The zero-order valence-electron chi connectivity index (χ0n) is 9.35. The van der Waals surface area contributed by atoms with Crippen LogP contribution in [0.25, 0.3) is 0 Å². The molecule has 1 rings (SSSR count). The third-order valence-electron chi connectivity index (χ3n) is 2.62. The van der Waals surface area contributed by atoms with Crippen molar-refractivity contribution < 1.29 is 13.9 Å². The fraction of sp³-hybridized carbons (Fsp3) is 0.455. The van der Waals surface area contributed by atoms with Gasteiger partial charge in [0.05, 0.1) is 12.1 Å². The normalized spacial score (nSPS) is 14.6. The average molecular weight is 230 g/mol. The molecule has 1 unspecified atom stereocenters. The van der Waals surface area contributed by atoms with Gasteiger partial charge in [-0.25, -0.2) is 8.78 Å². The van der Waals surface area contributed by atoms with Crippen LogP contribution in [0.3, 0.4) is 0 Å². The number of aliphatic hydroxyl groups excluding tert-OH is 1. The smallest absolute Gasteiger partial charge is 0.151 e. The highest BCUT2D eigenvalue weighted by Gasteiger charge is 2.23. The van der Waals surface area contributed by atoms with E-state index in [1.807, 2.05) is 6.92 Å². The Hall–Kier alpha value is -1.36. The molecule has 90 valence electrons. The largest absolute Gasteiger partial charge is 0.399 e. The molecular formula is C11H16F2N2O. The lowest BCUT2D eigenvalue weighted by Crippen LogP contribution is -2.38. The summed E-state index contributed by atoms with van der Waals surface area (Å²) in [5, 5.41) is 11.8. The van der Waals surface area contributed by atoms with Gasteiger partial charge >= 0.3 is 0 Å². The Morgan fingerprint density at radius 2 is 1.88 bits per heavy atom. The molecule has 0 aliphatic carbocycles. The minimum atomic E-state index is -0.759. The van der Waals surface area contributed by atoms with Crippen molar-refractivity contribution in [3.05, 3.63) is 23.8 Å². The second-order valence-corrected chi connectivity index (χ2v) is 4.06. The highest BCUT2D eigenvalue weighted by molar-refractivity contribution is 5.55. The van der Waals surface area contributed by atoms with Gasteiger partial charge in [0, 0.05) is 5.69 Å². The van der Waals surface area contributed by atoms with Gasteiger partial charge in [0.2, 0.25) is 0 Å². The van der Waals surface area contributed by atoms with E-state index in [2.05, 4.69) is 5.32 Å². The number of nitrogens with one attached hydrogen (secondary N) is 1. The maximum absolute atomic E-state index is 13.5. The van der Waals surface area contributed by atoms with Crippen molar-refractivity contribution >= 4 is 11.4 Å². The lowest BCUT2D eigenvalue weighted by atomic mass is 9.99. The molecule has 0 aliphatic heterocycles. The molecule has 0 aliphatic rings. The first kappa shape index (κ1) is 12.7. The second-order valence-electron chi connectivity index (χ2n) is 4.06. The fourth-order valence-electron chi connectivity index (χ4n) is 1.25. The van der Waals surface area contributed by atoms with Gasteiger partial charge in [0.15, 0.2) is 11.6 Å². The lowest BCUT2D eigenvalue weighted by Gasteiger charge is -2.29. The summed E-state index contributed by atoms with van der Waals surface area (Å²) < 4.78 is 26.9. The van der Waals surface area contributed by atoms with Crippen molar-refractivity contribution in [2.75, 3.05) is 17.7 Å². The van der Waals surface area contributed by atoms with Crippen LogP contribution >= 0.6 is 0 Å². The van der Waals surface area contributed by atoms with Crippen LogP contribution in [0.5, 0.6) is 0 Å². The number of anilines is 2. The fourth-order valence-corrected chi connectivity index (χ4v) is 1.25. The third kappa shape index (κ3) is 2.61. The van der Waals surface area contributed by atoms with Crippen molar-refractivity contribution in [2.24, 2.45) is 0 Å². The van der Waals surface area contributed by atoms with Gasteiger partial charge in [0.25, 0.3) is 0 Å². The Labute approximate surface area is 93.3 Å². The Balaban J connectivity index is 3.06. The van der Waals surface area contributed by atoms with Gasteiger partial charge in [-0.3, -0.25) is 0 Å². The summed E-state index contributed by atoms with van der Waals surface area (Å²) in [4.78, 5) is 0. The van der Waals surface area contributed by atoms with E-state index in [0.29, 0.717) is 6.42 Å². The van der Waals surface area contributed by atoms with Gasteiger partial charge in [-0.2, -0.15) is 0 Å². The molecular weight excluding hydrogens is 214 g/mol. The SMILES string of the molecule is CCC(C)(CO)Nc1c(F)cc(N)cc1F. The molecule has 0 aromatic heterocycles. The topological polar surface area (TPSA) is 58.3 Å². The van der Waals surface area contributed by atoms with Crippen LogP contribution < -0.4 is 11.1 Å². The van der Waals surface area contributed by atoms with Crippen LogP contribution in [-0.2, 0) is 0 Å². The number of hydrogen-bond donors (Lipinski definition) is 3. The number of aliphatic hydroxyl groups is 1. The minimum absolute atomic E-state index is 0.0303. The molecule has 0 radical (unpaired) electrons. The molecule has 0 fully saturated rings. The maximum atomic E-state index is 13.5. The van der Waals surface area contributed by atoms with Crippen molar-refractivity contribution in [2.45, 2.75) is 25.8 Å². The summed E-state index contributed by atoms with van der Waals surface area (Å²) in [7, 11) is 0. The van der Waals surface area contributed by atoms with Crippen LogP contribution in [0.2, 0.25) is 0 Å². The molecule has 5 heteroatoms. The second kappa shape index (κ2) is 4.65. The molecule has 0 bridgehead atoms. The molecule has 3 nitrogen and oxygen atoms in total. The van der Waals surface area contributed by atoms with E-state index in [-0.39, 0.29) is 18.0 Å². The third-order valence-corrected chi connectivity index (χ3v) is 2.62. The van der Waals surface area contributed by atoms with E-state index in [0.717, 1.165) is 12.1 Å². The molecule has 0 amide bonds.